The first kappa shape index (κ1) is 14.5. The smallest absolute Gasteiger partial charge is 0.253 e. The van der Waals surface area contributed by atoms with Gasteiger partial charge in [-0.3, -0.25) is 4.79 Å². The van der Waals surface area contributed by atoms with Crippen molar-refractivity contribution in [3.8, 4) is 0 Å². The summed E-state index contributed by atoms with van der Waals surface area (Å²) in [5, 5.41) is 14.3. The zero-order valence-corrected chi connectivity index (χ0v) is 11.9. The molecule has 1 unspecified atom stereocenters. The van der Waals surface area contributed by atoms with E-state index >= 15 is 0 Å². The predicted octanol–water partition coefficient (Wildman–Crippen LogP) is 2.01. The van der Waals surface area contributed by atoms with E-state index in [0.29, 0.717) is 12.0 Å². The molecule has 98 valence electrons. The van der Waals surface area contributed by atoms with E-state index in [-0.39, 0.29) is 11.7 Å². The van der Waals surface area contributed by atoms with E-state index in [1.165, 1.54) is 0 Å². The molecule has 0 fully saturated rings. The Morgan fingerprint density at radius 3 is 2.83 bits per heavy atom. The molecule has 0 aliphatic carbocycles. The molecule has 4 N–H and O–H groups in total. The molecule has 1 aromatic carbocycles. The molecule has 0 saturated carbocycles. The second-order valence-corrected chi connectivity index (χ2v) is 4.69. The van der Waals surface area contributed by atoms with Crippen LogP contribution in [0.15, 0.2) is 27.8 Å². The van der Waals surface area contributed by atoms with E-state index in [1.807, 2.05) is 19.9 Å². The predicted molar refractivity (Wildman–Crippen MR) is 73.8 cm³/mol. The Morgan fingerprint density at radius 2 is 2.28 bits per heavy atom. The minimum atomic E-state index is -0.477. The van der Waals surface area contributed by atoms with E-state index in [0.717, 1.165) is 10.0 Å². The average Bonchev–Trinajstić information content (AvgIpc) is 2.37. The minimum Gasteiger partial charge on any atom is -0.409 e. The number of aryl methyl sites for hydroxylation is 1. The molecule has 18 heavy (non-hydrogen) atoms. The van der Waals surface area contributed by atoms with E-state index in [1.54, 1.807) is 12.1 Å². The first-order valence-corrected chi connectivity index (χ1v) is 6.34. The lowest BCUT2D eigenvalue weighted by Gasteiger charge is -2.16. The number of nitrogens with two attached hydrogens (primary N) is 1. The standard InChI is InChI=1S/C12H16BrN3O2/c1-3-9(11(14)16-18)15-12(17)8-6-4-5-7(2)10(8)13/h4-6,9,18H,3H2,1-2H3,(H2,14,16)(H,15,17). The van der Waals surface area contributed by atoms with Gasteiger partial charge in [-0.05, 0) is 40.9 Å². The van der Waals surface area contributed by atoms with E-state index in [4.69, 9.17) is 10.9 Å². The zero-order valence-electron chi connectivity index (χ0n) is 10.3. The molecule has 1 amide bonds. The summed E-state index contributed by atoms with van der Waals surface area (Å²) in [6.45, 7) is 3.75. The van der Waals surface area contributed by atoms with E-state index in [9.17, 15) is 4.79 Å². The summed E-state index contributed by atoms with van der Waals surface area (Å²) in [4.78, 5) is 12.1. The Labute approximate surface area is 114 Å². The van der Waals surface area contributed by atoms with E-state index < -0.39 is 6.04 Å². The number of halogens is 1. The van der Waals surface area contributed by atoms with Crippen molar-refractivity contribution >= 4 is 27.7 Å². The van der Waals surface area contributed by atoms with Crippen LogP contribution < -0.4 is 11.1 Å². The Balaban J connectivity index is 2.91. The maximum Gasteiger partial charge on any atom is 0.253 e. The molecular weight excluding hydrogens is 298 g/mol. The number of hydrogen-bond donors (Lipinski definition) is 3. The van der Waals surface area contributed by atoms with Crippen molar-refractivity contribution in [1.82, 2.24) is 5.32 Å². The number of nitrogens with one attached hydrogen (secondary N) is 1. The molecule has 5 nitrogen and oxygen atoms in total. The third-order valence-electron chi connectivity index (χ3n) is 2.62. The van der Waals surface area contributed by atoms with Gasteiger partial charge in [-0.1, -0.05) is 24.2 Å². The number of nitrogens with zero attached hydrogens (tertiary/aromatic N) is 1. The van der Waals surface area contributed by atoms with Gasteiger partial charge in [0.05, 0.1) is 11.6 Å². The summed E-state index contributed by atoms with van der Waals surface area (Å²) < 4.78 is 0.747. The Bertz CT molecular complexity index is 474. The van der Waals surface area contributed by atoms with Crippen molar-refractivity contribution in [1.29, 1.82) is 0 Å². The van der Waals surface area contributed by atoms with Gasteiger partial charge in [0.15, 0.2) is 5.84 Å². The van der Waals surface area contributed by atoms with Crippen molar-refractivity contribution in [2.45, 2.75) is 26.3 Å². The Kier molecular flexibility index (Phi) is 5.15. The van der Waals surface area contributed by atoms with Crippen LogP contribution >= 0.6 is 15.9 Å². The van der Waals surface area contributed by atoms with E-state index in [2.05, 4.69) is 26.4 Å². The molecule has 0 aliphatic heterocycles. The maximum absolute atomic E-state index is 12.1. The van der Waals surface area contributed by atoms with Crippen molar-refractivity contribution in [3.63, 3.8) is 0 Å². The number of amides is 1. The van der Waals surface area contributed by atoms with Crippen molar-refractivity contribution < 1.29 is 10.0 Å². The summed E-state index contributed by atoms with van der Waals surface area (Å²) in [7, 11) is 0. The molecule has 0 heterocycles. The summed E-state index contributed by atoms with van der Waals surface area (Å²) >= 11 is 3.38. The molecule has 0 aliphatic rings. The van der Waals surface area contributed by atoms with Crippen LogP contribution in [-0.2, 0) is 0 Å². The normalized spacial score (nSPS) is 13.2. The molecular formula is C12H16BrN3O2. The van der Waals surface area contributed by atoms with Crippen LogP contribution in [0.1, 0.15) is 29.3 Å². The second-order valence-electron chi connectivity index (χ2n) is 3.90. The summed E-state index contributed by atoms with van der Waals surface area (Å²) in [6.07, 6.45) is 0.547. The van der Waals surface area contributed by atoms with Crippen LogP contribution in [0.25, 0.3) is 0 Å². The SMILES string of the molecule is CCC(NC(=O)c1cccc(C)c1Br)/C(N)=N/O. The lowest BCUT2D eigenvalue weighted by molar-refractivity contribution is 0.0944. The summed E-state index contributed by atoms with van der Waals surface area (Å²) in [5.74, 6) is -0.265. The highest BCUT2D eigenvalue weighted by atomic mass is 79.9. The Hall–Kier alpha value is -1.56. The third-order valence-corrected chi connectivity index (χ3v) is 3.68. The number of amidine groups is 1. The summed E-state index contributed by atoms with van der Waals surface area (Å²) in [6, 6.07) is 4.95. The van der Waals surface area contributed by atoms with Crippen molar-refractivity contribution in [2.75, 3.05) is 0 Å². The highest BCUT2D eigenvalue weighted by molar-refractivity contribution is 9.10. The number of benzene rings is 1. The average molecular weight is 314 g/mol. The molecule has 1 rings (SSSR count). The first-order valence-electron chi connectivity index (χ1n) is 5.54. The lowest BCUT2D eigenvalue weighted by atomic mass is 10.1. The fourth-order valence-electron chi connectivity index (χ4n) is 1.51. The number of hydrogen-bond acceptors (Lipinski definition) is 3. The zero-order chi connectivity index (χ0) is 13.7. The highest BCUT2D eigenvalue weighted by Crippen LogP contribution is 2.21. The van der Waals surface area contributed by atoms with Crippen LogP contribution in [0.3, 0.4) is 0 Å². The molecule has 6 heteroatoms. The second kappa shape index (κ2) is 6.39. The van der Waals surface area contributed by atoms with Crippen molar-refractivity contribution in [2.24, 2.45) is 10.9 Å². The van der Waals surface area contributed by atoms with Crippen LogP contribution in [0.2, 0.25) is 0 Å². The molecule has 0 spiro atoms. The molecule has 0 bridgehead atoms. The van der Waals surface area contributed by atoms with Gasteiger partial charge in [-0.25, -0.2) is 0 Å². The van der Waals surface area contributed by atoms with Crippen LogP contribution in [0.4, 0.5) is 0 Å². The Morgan fingerprint density at radius 1 is 1.61 bits per heavy atom. The third kappa shape index (κ3) is 3.22. The number of oxime groups is 1. The first-order chi connectivity index (χ1) is 8.51. The fraction of sp³-hybridized carbons (Fsp3) is 0.333. The summed E-state index contributed by atoms with van der Waals surface area (Å²) in [5.41, 5.74) is 6.99. The lowest BCUT2D eigenvalue weighted by Crippen LogP contribution is -2.44. The van der Waals surface area contributed by atoms with Gasteiger partial charge in [0.25, 0.3) is 5.91 Å². The van der Waals surface area contributed by atoms with Gasteiger partial charge in [0.2, 0.25) is 0 Å². The van der Waals surface area contributed by atoms with Crippen LogP contribution in [0.5, 0.6) is 0 Å². The highest BCUT2D eigenvalue weighted by Gasteiger charge is 2.18. The van der Waals surface area contributed by atoms with Gasteiger partial charge >= 0.3 is 0 Å². The molecule has 0 aromatic heterocycles. The quantitative estimate of drug-likeness (QED) is 0.344. The topological polar surface area (TPSA) is 87.7 Å². The largest absolute Gasteiger partial charge is 0.409 e. The van der Waals surface area contributed by atoms with Crippen molar-refractivity contribution in [3.05, 3.63) is 33.8 Å². The van der Waals surface area contributed by atoms with Gasteiger partial charge in [0, 0.05) is 4.47 Å². The minimum absolute atomic E-state index is 0.00498. The molecule has 1 aromatic rings. The van der Waals surface area contributed by atoms with Gasteiger partial charge in [-0.2, -0.15) is 0 Å². The number of rotatable bonds is 4. The van der Waals surface area contributed by atoms with Gasteiger partial charge in [0.1, 0.15) is 0 Å². The molecule has 1 atom stereocenters. The van der Waals surface area contributed by atoms with Gasteiger partial charge < -0.3 is 16.3 Å². The monoisotopic (exact) mass is 313 g/mol. The number of carbonyl (C=O) groups excluding carboxylic acids is 1. The molecule has 0 saturated heterocycles. The molecule has 0 radical (unpaired) electrons. The maximum atomic E-state index is 12.1. The fourth-order valence-corrected chi connectivity index (χ4v) is 1.96. The number of carbonyl (C=O) groups is 1. The van der Waals surface area contributed by atoms with Crippen LogP contribution in [0, 0.1) is 6.92 Å². The van der Waals surface area contributed by atoms with Gasteiger partial charge in [-0.15, -0.1) is 0 Å². The van der Waals surface area contributed by atoms with Crippen LogP contribution in [-0.4, -0.2) is 23.0 Å².